The minimum atomic E-state index is -1.95. The van der Waals surface area contributed by atoms with Gasteiger partial charge in [-0.15, -0.1) is 0 Å². The second-order valence-corrected chi connectivity index (χ2v) is 8.81. The van der Waals surface area contributed by atoms with Gasteiger partial charge in [-0.25, -0.2) is 4.79 Å². The molecule has 1 heterocycles. The fraction of sp³-hybridized carbons (Fsp3) is 0.500. The van der Waals surface area contributed by atoms with Crippen molar-refractivity contribution in [3.8, 4) is 5.75 Å². The Balaban J connectivity index is 1.78. The van der Waals surface area contributed by atoms with Crippen LogP contribution in [0.1, 0.15) is 32.3 Å². The summed E-state index contributed by atoms with van der Waals surface area (Å²) in [5, 5.41) is 40.5. The van der Waals surface area contributed by atoms with Crippen LogP contribution in [0.25, 0.3) is 6.08 Å². The topological polar surface area (TPSA) is 143 Å². The van der Waals surface area contributed by atoms with E-state index < -0.39 is 48.4 Å². The van der Waals surface area contributed by atoms with Crippen molar-refractivity contribution in [2.24, 2.45) is 17.8 Å². The fourth-order valence-electron chi connectivity index (χ4n) is 4.33. The van der Waals surface area contributed by atoms with Crippen LogP contribution in [-0.4, -0.2) is 63.6 Å². The molecule has 9 heteroatoms. The first-order valence-corrected chi connectivity index (χ1v) is 10.8. The van der Waals surface area contributed by atoms with E-state index in [2.05, 4.69) is 0 Å². The van der Waals surface area contributed by atoms with E-state index in [1.807, 2.05) is 13.8 Å². The molecule has 0 spiro atoms. The molecule has 1 saturated carbocycles. The molecule has 180 valence electrons. The molecule has 2 aliphatic rings. The van der Waals surface area contributed by atoms with Crippen LogP contribution in [0.15, 0.2) is 42.2 Å². The third-order valence-electron chi connectivity index (χ3n) is 5.98. The van der Waals surface area contributed by atoms with E-state index in [0.29, 0.717) is 11.1 Å². The molecule has 0 aromatic heterocycles. The number of ether oxygens (including phenoxy) is 3. The Morgan fingerprint density at radius 2 is 1.91 bits per heavy atom. The highest BCUT2D eigenvalue weighted by atomic mass is 16.7. The number of aliphatic hydroxyl groups excluding tert-OH is 2. The molecule has 5 unspecified atom stereocenters. The van der Waals surface area contributed by atoms with Crippen molar-refractivity contribution in [3.05, 3.63) is 47.7 Å². The molecule has 5 atom stereocenters. The zero-order valence-corrected chi connectivity index (χ0v) is 18.6. The minimum absolute atomic E-state index is 0.0507. The molecule has 1 aromatic rings. The van der Waals surface area contributed by atoms with E-state index in [9.17, 15) is 30.0 Å². The van der Waals surface area contributed by atoms with Gasteiger partial charge in [0.05, 0.1) is 25.4 Å². The third kappa shape index (κ3) is 5.55. The fourth-order valence-corrected chi connectivity index (χ4v) is 4.33. The van der Waals surface area contributed by atoms with E-state index in [1.54, 1.807) is 12.1 Å². The molecule has 1 aromatic carbocycles. The lowest BCUT2D eigenvalue weighted by Crippen LogP contribution is -2.54. The lowest BCUT2D eigenvalue weighted by atomic mass is 9.80. The summed E-state index contributed by atoms with van der Waals surface area (Å²) < 4.78 is 16.4. The number of rotatable bonds is 8. The Bertz CT molecular complexity index is 905. The number of phenolic OH excluding ortho intramolecular Hbond substituents is 1. The van der Waals surface area contributed by atoms with Crippen molar-refractivity contribution >= 4 is 18.0 Å². The molecule has 0 radical (unpaired) electrons. The molecule has 0 bridgehead atoms. The second-order valence-electron chi connectivity index (χ2n) is 8.81. The standard InChI is InChI=1S/C24H30O9/c1-14(2)9-21(29)33-23-22-18(16(11-25)12-31-23)10-19(24(22,30)13-26)32-20(28)8-5-15-3-6-17(27)7-4-15/h3-8,12,14,18-19,22-23,25-27,30H,9-11,13H2,1-2H3. The van der Waals surface area contributed by atoms with Crippen LogP contribution in [0.5, 0.6) is 5.75 Å². The van der Waals surface area contributed by atoms with Crippen LogP contribution in [0, 0.1) is 17.8 Å². The molecular formula is C24H30O9. The molecule has 4 N–H and O–H groups in total. The Hall–Kier alpha value is -2.88. The minimum Gasteiger partial charge on any atom is -0.508 e. The average molecular weight is 462 g/mol. The zero-order chi connectivity index (χ0) is 24.2. The van der Waals surface area contributed by atoms with Crippen LogP contribution in [0.2, 0.25) is 0 Å². The van der Waals surface area contributed by atoms with Gasteiger partial charge in [0.2, 0.25) is 6.29 Å². The number of phenols is 1. The highest BCUT2D eigenvalue weighted by Crippen LogP contribution is 2.50. The first-order chi connectivity index (χ1) is 15.7. The van der Waals surface area contributed by atoms with Gasteiger partial charge in [0.25, 0.3) is 0 Å². The largest absolute Gasteiger partial charge is 0.508 e. The summed E-state index contributed by atoms with van der Waals surface area (Å²) in [4.78, 5) is 24.7. The SMILES string of the molecule is CC(C)CC(=O)OC1OC=C(CO)C2CC(OC(=O)C=Cc3ccc(O)cc3)C(O)(CO)C12. The monoisotopic (exact) mass is 462 g/mol. The third-order valence-corrected chi connectivity index (χ3v) is 5.98. The predicted molar refractivity (Wildman–Crippen MR) is 116 cm³/mol. The van der Waals surface area contributed by atoms with Crippen molar-refractivity contribution in [2.45, 2.75) is 44.7 Å². The molecule has 1 aliphatic heterocycles. The number of fused-ring (bicyclic) bond motifs is 1. The molecule has 9 nitrogen and oxygen atoms in total. The van der Waals surface area contributed by atoms with Gasteiger partial charge < -0.3 is 34.6 Å². The van der Waals surface area contributed by atoms with Gasteiger partial charge in [-0.3, -0.25) is 4.79 Å². The van der Waals surface area contributed by atoms with E-state index in [4.69, 9.17) is 14.2 Å². The summed E-state index contributed by atoms with van der Waals surface area (Å²) in [6.07, 6.45) is 1.87. The Labute approximate surface area is 191 Å². The van der Waals surface area contributed by atoms with Crippen LogP contribution < -0.4 is 0 Å². The summed E-state index contributed by atoms with van der Waals surface area (Å²) in [5.74, 6) is -2.60. The predicted octanol–water partition coefficient (Wildman–Crippen LogP) is 1.50. The highest BCUT2D eigenvalue weighted by molar-refractivity contribution is 5.87. The summed E-state index contributed by atoms with van der Waals surface area (Å²) in [6.45, 7) is 2.58. The van der Waals surface area contributed by atoms with E-state index >= 15 is 0 Å². The van der Waals surface area contributed by atoms with Gasteiger partial charge in [0.15, 0.2) is 0 Å². The number of carbonyl (C=O) groups is 2. The highest BCUT2D eigenvalue weighted by Gasteiger charge is 2.62. The van der Waals surface area contributed by atoms with Gasteiger partial charge in [-0.2, -0.15) is 0 Å². The Kier molecular flexibility index (Phi) is 7.78. The quantitative estimate of drug-likeness (QED) is 0.334. The normalized spacial score (nSPS) is 28.8. The maximum atomic E-state index is 12.4. The first kappa shape index (κ1) is 24.8. The molecule has 0 amide bonds. The van der Waals surface area contributed by atoms with Crippen LogP contribution in [0.4, 0.5) is 0 Å². The smallest absolute Gasteiger partial charge is 0.331 e. The molecule has 1 aliphatic carbocycles. The number of aliphatic hydroxyl groups is 3. The van der Waals surface area contributed by atoms with Crippen LogP contribution in [-0.2, 0) is 23.8 Å². The molecule has 1 fully saturated rings. The molecule has 33 heavy (non-hydrogen) atoms. The van der Waals surface area contributed by atoms with Gasteiger partial charge in [0.1, 0.15) is 17.5 Å². The van der Waals surface area contributed by atoms with E-state index in [0.717, 1.165) is 0 Å². The summed E-state index contributed by atoms with van der Waals surface area (Å²) in [5.41, 5.74) is -0.857. The second kappa shape index (κ2) is 10.4. The first-order valence-electron chi connectivity index (χ1n) is 10.8. The summed E-state index contributed by atoms with van der Waals surface area (Å²) in [7, 11) is 0. The lowest BCUT2D eigenvalue weighted by molar-refractivity contribution is -0.221. The van der Waals surface area contributed by atoms with Gasteiger partial charge >= 0.3 is 11.9 Å². The summed E-state index contributed by atoms with van der Waals surface area (Å²) in [6, 6.07) is 6.17. The number of hydrogen-bond acceptors (Lipinski definition) is 9. The van der Waals surface area contributed by atoms with Crippen molar-refractivity contribution in [1.29, 1.82) is 0 Å². The number of aromatic hydroxyl groups is 1. The molecular weight excluding hydrogens is 432 g/mol. The van der Waals surface area contributed by atoms with Gasteiger partial charge in [-0.1, -0.05) is 26.0 Å². The maximum absolute atomic E-state index is 12.4. The summed E-state index contributed by atoms with van der Waals surface area (Å²) >= 11 is 0. The van der Waals surface area contributed by atoms with Crippen molar-refractivity contribution in [3.63, 3.8) is 0 Å². The number of hydrogen-bond donors (Lipinski definition) is 4. The zero-order valence-electron chi connectivity index (χ0n) is 18.6. The van der Waals surface area contributed by atoms with Crippen LogP contribution >= 0.6 is 0 Å². The van der Waals surface area contributed by atoms with Gasteiger partial charge in [-0.05, 0) is 41.7 Å². The van der Waals surface area contributed by atoms with Crippen LogP contribution in [0.3, 0.4) is 0 Å². The molecule has 0 saturated heterocycles. The van der Waals surface area contributed by atoms with Crippen molar-refractivity contribution in [1.82, 2.24) is 0 Å². The average Bonchev–Trinajstić information content (AvgIpc) is 3.06. The lowest BCUT2D eigenvalue weighted by Gasteiger charge is -2.39. The maximum Gasteiger partial charge on any atom is 0.331 e. The van der Waals surface area contributed by atoms with Crippen molar-refractivity contribution < 1.29 is 44.2 Å². The Morgan fingerprint density at radius 1 is 1.21 bits per heavy atom. The molecule has 3 rings (SSSR count). The van der Waals surface area contributed by atoms with E-state index in [-0.39, 0.29) is 31.1 Å². The van der Waals surface area contributed by atoms with Gasteiger partial charge in [0, 0.05) is 18.4 Å². The van der Waals surface area contributed by atoms with E-state index in [1.165, 1.54) is 30.5 Å². The Morgan fingerprint density at radius 3 is 2.52 bits per heavy atom. The van der Waals surface area contributed by atoms with Crippen molar-refractivity contribution in [2.75, 3.05) is 13.2 Å². The number of benzene rings is 1. The number of carbonyl (C=O) groups excluding carboxylic acids is 2. The number of esters is 2.